The smallest absolute Gasteiger partial charge is 0.369 e. The Labute approximate surface area is 171 Å². The highest BCUT2D eigenvalue weighted by Gasteiger charge is 2.34. The lowest BCUT2D eigenvalue weighted by atomic mass is 10.0. The maximum atomic E-state index is 13.4. The van der Waals surface area contributed by atoms with Crippen LogP contribution in [0.2, 0.25) is 0 Å². The fourth-order valence-electron chi connectivity index (χ4n) is 3.36. The first kappa shape index (κ1) is 19.8. The zero-order valence-corrected chi connectivity index (χ0v) is 16.2. The van der Waals surface area contributed by atoms with Crippen LogP contribution in [0.3, 0.4) is 0 Å². The Morgan fingerprint density at radius 2 is 1.73 bits per heavy atom. The number of rotatable bonds is 5. The number of nitrogens with one attached hydrogen (secondary N) is 1. The van der Waals surface area contributed by atoms with Crippen molar-refractivity contribution in [2.24, 2.45) is 0 Å². The molecule has 1 N–H and O–H groups in total. The zero-order valence-electron chi connectivity index (χ0n) is 16.2. The number of alkyl halides is 3. The molecule has 4 aromatic rings. The van der Waals surface area contributed by atoms with Crippen molar-refractivity contribution in [3.8, 4) is 11.3 Å². The summed E-state index contributed by atoms with van der Waals surface area (Å²) in [7, 11) is 0. The van der Waals surface area contributed by atoms with E-state index in [9.17, 15) is 13.2 Å². The molecule has 0 bridgehead atoms. The van der Waals surface area contributed by atoms with Gasteiger partial charge in [-0.05, 0) is 35.7 Å². The van der Waals surface area contributed by atoms with Crippen molar-refractivity contribution < 1.29 is 13.2 Å². The van der Waals surface area contributed by atoms with Crippen LogP contribution in [0.5, 0.6) is 0 Å². The van der Waals surface area contributed by atoms with Crippen LogP contribution in [-0.2, 0) is 6.18 Å². The molecule has 0 amide bonds. The number of nitrogens with zero attached hydrogens (tertiary/aromatic N) is 3. The summed E-state index contributed by atoms with van der Waals surface area (Å²) in [6.45, 7) is 2.78. The molecule has 0 aliphatic rings. The molecule has 0 spiro atoms. The fraction of sp³-hybridized carbons (Fsp3) is 0.174. The van der Waals surface area contributed by atoms with Gasteiger partial charge in [0.05, 0.1) is 16.8 Å². The second kappa shape index (κ2) is 8.10. The second-order valence-electron chi connectivity index (χ2n) is 7.04. The summed E-state index contributed by atoms with van der Waals surface area (Å²) in [4.78, 5) is 12.5. The standard InChI is InChI=1S/C23H19F3N4/c1-15(16-6-3-2-4-7-16)13-28-22-18-10-9-17(12-20(18)29-14-30-22)21-19(23(24,25)26)8-5-11-27-21/h2-12,14-15H,13H2,1H3,(H,28,29,30)/t15-/m1/s1. The van der Waals surface area contributed by atoms with Gasteiger partial charge >= 0.3 is 6.18 Å². The predicted molar refractivity (Wildman–Crippen MR) is 111 cm³/mol. The van der Waals surface area contributed by atoms with Crippen LogP contribution < -0.4 is 5.32 Å². The molecule has 152 valence electrons. The number of halogens is 3. The average Bonchev–Trinajstić information content (AvgIpc) is 2.77. The normalized spacial score (nSPS) is 12.7. The number of fused-ring (bicyclic) bond motifs is 1. The Morgan fingerprint density at radius 1 is 0.933 bits per heavy atom. The van der Waals surface area contributed by atoms with Crippen molar-refractivity contribution in [2.45, 2.75) is 19.0 Å². The van der Waals surface area contributed by atoms with E-state index in [1.54, 1.807) is 18.2 Å². The van der Waals surface area contributed by atoms with Crippen LogP contribution in [0, 0.1) is 0 Å². The van der Waals surface area contributed by atoms with Crippen LogP contribution in [0.15, 0.2) is 73.2 Å². The van der Waals surface area contributed by atoms with Gasteiger partial charge in [-0.3, -0.25) is 4.98 Å². The summed E-state index contributed by atoms with van der Waals surface area (Å²) in [5.74, 6) is 0.907. The van der Waals surface area contributed by atoms with Crippen LogP contribution in [-0.4, -0.2) is 21.5 Å². The summed E-state index contributed by atoms with van der Waals surface area (Å²) in [5.41, 5.74) is 1.24. The number of benzene rings is 2. The minimum Gasteiger partial charge on any atom is -0.369 e. The number of hydrogen-bond donors (Lipinski definition) is 1. The van der Waals surface area contributed by atoms with Crippen molar-refractivity contribution in [2.75, 3.05) is 11.9 Å². The molecule has 7 heteroatoms. The number of hydrogen-bond acceptors (Lipinski definition) is 4. The van der Waals surface area contributed by atoms with Crippen molar-refractivity contribution in [1.82, 2.24) is 15.0 Å². The quantitative estimate of drug-likeness (QED) is 0.445. The van der Waals surface area contributed by atoms with E-state index in [0.717, 1.165) is 11.5 Å². The first-order valence-corrected chi connectivity index (χ1v) is 9.49. The summed E-state index contributed by atoms with van der Waals surface area (Å²) in [6.07, 6.45) is -1.72. The number of anilines is 1. The third kappa shape index (κ3) is 4.10. The molecular formula is C23H19F3N4. The van der Waals surface area contributed by atoms with Crippen LogP contribution >= 0.6 is 0 Å². The topological polar surface area (TPSA) is 50.7 Å². The highest BCUT2D eigenvalue weighted by atomic mass is 19.4. The van der Waals surface area contributed by atoms with Gasteiger partial charge in [-0.25, -0.2) is 9.97 Å². The van der Waals surface area contributed by atoms with E-state index in [0.29, 0.717) is 23.4 Å². The van der Waals surface area contributed by atoms with Gasteiger partial charge in [-0.2, -0.15) is 13.2 Å². The molecular weight excluding hydrogens is 389 g/mol. The van der Waals surface area contributed by atoms with Gasteiger partial charge in [0.1, 0.15) is 12.1 Å². The molecule has 0 saturated heterocycles. The van der Waals surface area contributed by atoms with Crippen LogP contribution in [0.25, 0.3) is 22.2 Å². The van der Waals surface area contributed by atoms with Gasteiger partial charge in [-0.1, -0.05) is 43.3 Å². The van der Waals surface area contributed by atoms with E-state index < -0.39 is 11.7 Å². The molecule has 0 fully saturated rings. The van der Waals surface area contributed by atoms with Crippen molar-refractivity contribution in [3.63, 3.8) is 0 Å². The first-order chi connectivity index (χ1) is 14.4. The average molecular weight is 408 g/mol. The van der Waals surface area contributed by atoms with Gasteiger partial charge in [-0.15, -0.1) is 0 Å². The molecule has 0 aliphatic heterocycles. The largest absolute Gasteiger partial charge is 0.418 e. The van der Waals surface area contributed by atoms with E-state index in [-0.39, 0.29) is 11.6 Å². The molecule has 4 nitrogen and oxygen atoms in total. The lowest BCUT2D eigenvalue weighted by Crippen LogP contribution is -2.11. The van der Waals surface area contributed by atoms with Crippen molar-refractivity contribution in [3.05, 3.63) is 84.3 Å². The SMILES string of the molecule is C[C@H](CNc1ncnc2cc(-c3ncccc3C(F)(F)F)ccc12)c1ccccc1. The van der Waals surface area contributed by atoms with Gasteiger partial charge in [0, 0.05) is 23.7 Å². The van der Waals surface area contributed by atoms with Gasteiger partial charge in [0.15, 0.2) is 0 Å². The van der Waals surface area contributed by atoms with Gasteiger partial charge in [0.25, 0.3) is 0 Å². The summed E-state index contributed by atoms with van der Waals surface area (Å²) < 4.78 is 40.1. The number of pyridine rings is 1. The lowest BCUT2D eigenvalue weighted by molar-refractivity contribution is -0.137. The predicted octanol–water partition coefficient (Wildman–Crippen LogP) is 5.93. The van der Waals surface area contributed by atoms with E-state index >= 15 is 0 Å². The molecule has 0 saturated carbocycles. The third-order valence-corrected chi connectivity index (χ3v) is 4.97. The molecule has 1 atom stereocenters. The van der Waals surface area contributed by atoms with Crippen LogP contribution in [0.4, 0.5) is 19.0 Å². The third-order valence-electron chi connectivity index (χ3n) is 4.97. The molecule has 0 radical (unpaired) electrons. The monoisotopic (exact) mass is 408 g/mol. The molecule has 2 aromatic heterocycles. The van der Waals surface area contributed by atoms with E-state index in [2.05, 4.69) is 39.3 Å². The highest BCUT2D eigenvalue weighted by molar-refractivity contribution is 5.91. The first-order valence-electron chi connectivity index (χ1n) is 9.49. The lowest BCUT2D eigenvalue weighted by Gasteiger charge is -2.15. The number of aromatic nitrogens is 3. The summed E-state index contributed by atoms with van der Waals surface area (Å²) >= 11 is 0. The van der Waals surface area contributed by atoms with E-state index in [1.165, 1.54) is 24.2 Å². The van der Waals surface area contributed by atoms with Crippen molar-refractivity contribution >= 4 is 16.7 Å². The molecule has 30 heavy (non-hydrogen) atoms. The second-order valence-corrected chi connectivity index (χ2v) is 7.04. The Kier molecular flexibility index (Phi) is 5.35. The summed E-state index contributed by atoms with van der Waals surface area (Å²) in [5, 5.41) is 4.08. The Bertz CT molecular complexity index is 1160. The van der Waals surface area contributed by atoms with Crippen LogP contribution in [0.1, 0.15) is 24.0 Å². The molecule has 0 unspecified atom stereocenters. The maximum absolute atomic E-state index is 13.4. The van der Waals surface area contributed by atoms with E-state index in [4.69, 9.17) is 0 Å². The fourth-order valence-corrected chi connectivity index (χ4v) is 3.36. The van der Waals surface area contributed by atoms with E-state index in [1.807, 2.05) is 18.2 Å². The highest BCUT2D eigenvalue weighted by Crippen LogP contribution is 2.36. The Balaban J connectivity index is 1.64. The Hall–Kier alpha value is -3.48. The minimum atomic E-state index is -4.48. The van der Waals surface area contributed by atoms with Gasteiger partial charge in [0.2, 0.25) is 0 Å². The maximum Gasteiger partial charge on any atom is 0.418 e. The minimum absolute atomic E-state index is 0.113. The summed E-state index contributed by atoms with van der Waals surface area (Å²) in [6, 6.07) is 17.4. The Morgan fingerprint density at radius 3 is 2.50 bits per heavy atom. The molecule has 0 aliphatic carbocycles. The van der Waals surface area contributed by atoms with Crippen molar-refractivity contribution in [1.29, 1.82) is 0 Å². The van der Waals surface area contributed by atoms with Gasteiger partial charge < -0.3 is 5.32 Å². The molecule has 2 heterocycles. The zero-order chi connectivity index (χ0) is 21.1. The molecule has 2 aromatic carbocycles. The molecule has 4 rings (SSSR count).